The first-order valence-electron chi connectivity index (χ1n) is 9.60. The number of hydrogen-bond donors (Lipinski definition) is 0. The van der Waals surface area contributed by atoms with Gasteiger partial charge in [-0.05, 0) is 79.4 Å². The molecule has 26 heavy (non-hydrogen) atoms. The highest BCUT2D eigenvalue weighted by Gasteiger charge is 2.38. The molecule has 0 spiro atoms. The van der Waals surface area contributed by atoms with Crippen LogP contribution in [-0.4, -0.2) is 11.2 Å². The first-order valence-corrected chi connectivity index (χ1v) is 9.60. The van der Waals surface area contributed by atoms with E-state index in [1.54, 1.807) is 0 Å². The molecule has 4 nitrogen and oxygen atoms in total. The highest BCUT2D eigenvalue weighted by atomic mass is 17.2. The van der Waals surface area contributed by atoms with E-state index in [9.17, 15) is 0 Å². The van der Waals surface area contributed by atoms with Crippen molar-refractivity contribution in [3.8, 4) is 0 Å². The van der Waals surface area contributed by atoms with Gasteiger partial charge < -0.3 is 0 Å². The maximum atomic E-state index is 5.96. The van der Waals surface area contributed by atoms with Crippen molar-refractivity contribution in [2.24, 2.45) is 0 Å². The van der Waals surface area contributed by atoms with Crippen molar-refractivity contribution in [2.45, 2.75) is 104 Å². The first-order chi connectivity index (χ1) is 11.8. The van der Waals surface area contributed by atoms with Gasteiger partial charge in [0.25, 0.3) is 0 Å². The molecule has 0 aromatic heterocycles. The summed E-state index contributed by atoms with van der Waals surface area (Å²) in [6.45, 7) is 20.2. The van der Waals surface area contributed by atoms with Crippen LogP contribution in [0.15, 0.2) is 24.3 Å². The monoisotopic (exact) mass is 366 g/mol. The van der Waals surface area contributed by atoms with Crippen molar-refractivity contribution in [3.63, 3.8) is 0 Å². The third kappa shape index (κ3) is 6.34. The molecule has 0 saturated heterocycles. The van der Waals surface area contributed by atoms with Crippen LogP contribution in [0.3, 0.4) is 0 Å². The molecule has 0 aliphatic carbocycles. The minimum absolute atomic E-state index is 0.384. The quantitative estimate of drug-likeness (QED) is 0.392. The lowest BCUT2D eigenvalue weighted by Crippen LogP contribution is -2.36. The van der Waals surface area contributed by atoms with E-state index in [1.807, 2.05) is 53.7 Å². The van der Waals surface area contributed by atoms with E-state index in [-0.39, 0.29) is 11.2 Å². The molecule has 0 bridgehead atoms. The molecule has 150 valence electrons. The fourth-order valence-electron chi connectivity index (χ4n) is 2.43. The average Bonchev–Trinajstić information content (AvgIpc) is 2.56. The molecule has 1 rings (SSSR count). The summed E-state index contributed by atoms with van der Waals surface area (Å²) in [5.74, 6) is 0. The number of hydrogen-bond acceptors (Lipinski definition) is 4. The van der Waals surface area contributed by atoms with Crippen molar-refractivity contribution >= 4 is 0 Å². The minimum Gasteiger partial charge on any atom is -0.230 e. The Bertz CT molecular complexity index is 519. The Morgan fingerprint density at radius 3 is 1.12 bits per heavy atom. The van der Waals surface area contributed by atoms with Gasteiger partial charge in [-0.15, -0.1) is 0 Å². The lowest BCUT2D eigenvalue weighted by atomic mass is 9.81. The molecule has 2 unspecified atom stereocenters. The fraction of sp³-hybridized carbons (Fsp3) is 0.727. The van der Waals surface area contributed by atoms with Gasteiger partial charge in [-0.2, -0.15) is 0 Å². The molecule has 0 saturated carbocycles. The third-order valence-corrected chi connectivity index (χ3v) is 4.37. The Hall–Kier alpha value is -0.940. The molecule has 0 amide bonds. The Balaban J connectivity index is 3.29. The Morgan fingerprint density at radius 2 is 0.885 bits per heavy atom. The largest absolute Gasteiger partial charge is 0.230 e. The predicted octanol–water partition coefficient (Wildman–Crippen LogP) is 6.43. The van der Waals surface area contributed by atoms with Gasteiger partial charge in [0.15, 0.2) is 0 Å². The maximum absolute atomic E-state index is 5.96. The standard InChI is InChI=1S/C22H38O4/c1-11-21(9,25-23-19(3,4)5)17-15-13-14-16-18(17)22(10,12-2)26-24-20(6,7)8/h13-16H,11-12H2,1-10H3. The van der Waals surface area contributed by atoms with Crippen LogP contribution >= 0.6 is 0 Å². The summed E-state index contributed by atoms with van der Waals surface area (Å²) in [5.41, 5.74) is 0.148. The molecule has 1 aromatic carbocycles. The summed E-state index contributed by atoms with van der Waals surface area (Å²) in [6, 6.07) is 8.21. The highest BCUT2D eigenvalue weighted by Crippen LogP contribution is 2.40. The summed E-state index contributed by atoms with van der Waals surface area (Å²) >= 11 is 0. The van der Waals surface area contributed by atoms with Crippen LogP contribution in [0.4, 0.5) is 0 Å². The lowest BCUT2D eigenvalue weighted by Gasteiger charge is -2.37. The average molecular weight is 367 g/mol. The van der Waals surface area contributed by atoms with Crippen LogP contribution in [-0.2, 0) is 30.8 Å². The summed E-state index contributed by atoms with van der Waals surface area (Å²) < 4.78 is 0. The predicted molar refractivity (Wildman–Crippen MR) is 106 cm³/mol. The zero-order valence-corrected chi connectivity index (χ0v) is 18.4. The van der Waals surface area contributed by atoms with Gasteiger partial charge in [0.05, 0.1) is 11.2 Å². The highest BCUT2D eigenvalue weighted by molar-refractivity contribution is 5.36. The van der Waals surface area contributed by atoms with Gasteiger partial charge in [-0.3, -0.25) is 0 Å². The molecular formula is C22H38O4. The van der Waals surface area contributed by atoms with Gasteiger partial charge >= 0.3 is 0 Å². The second kappa shape index (κ2) is 8.39. The van der Waals surface area contributed by atoms with E-state index in [0.29, 0.717) is 0 Å². The third-order valence-electron chi connectivity index (χ3n) is 4.37. The van der Waals surface area contributed by atoms with Crippen LogP contribution in [0.25, 0.3) is 0 Å². The van der Waals surface area contributed by atoms with Gasteiger partial charge in [0.2, 0.25) is 0 Å². The minimum atomic E-state index is -0.592. The Kier molecular flexibility index (Phi) is 7.45. The van der Waals surface area contributed by atoms with E-state index in [1.165, 1.54) is 0 Å². The first kappa shape index (κ1) is 23.1. The molecule has 0 aliphatic heterocycles. The zero-order valence-electron chi connectivity index (χ0n) is 18.4. The molecule has 4 heteroatoms. The lowest BCUT2D eigenvalue weighted by molar-refractivity contribution is -0.412. The molecular weight excluding hydrogens is 328 g/mol. The van der Waals surface area contributed by atoms with Gasteiger partial charge in [0, 0.05) is 0 Å². The maximum Gasteiger partial charge on any atom is 0.126 e. The van der Waals surface area contributed by atoms with E-state index in [2.05, 4.69) is 39.8 Å². The van der Waals surface area contributed by atoms with Crippen molar-refractivity contribution in [1.82, 2.24) is 0 Å². The summed E-state index contributed by atoms with van der Waals surface area (Å²) in [6.07, 6.45) is 1.53. The van der Waals surface area contributed by atoms with Crippen molar-refractivity contribution in [1.29, 1.82) is 0 Å². The Morgan fingerprint density at radius 1 is 0.577 bits per heavy atom. The SMILES string of the molecule is CCC(C)(OOC(C)(C)C)c1ccccc1C(C)(CC)OOC(C)(C)C. The van der Waals surface area contributed by atoms with Crippen LogP contribution in [0, 0.1) is 0 Å². The van der Waals surface area contributed by atoms with Crippen molar-refractivity contribution in [3.05, 3.63) is 35.4 Å². The van der Waals surface area contributed by atoms with Gasteiger partial charge in [-0.25, -0.2) is 19.6 Å². The van der Waals surface area contributed by atoms with Gasteiger partial charge in [-0.1, -0.05) is 38.1 Å². The number of benzene rings is 1. The second-order valence-electron chi connectivity index (χ2n) is 9.27. The van der Waals surface area contributed by atoms with E-state index in [4.69, 9.17) is 19.6 Å². The smallest absolute Gasteiger partial charge is 0.126 e. The molecule has 0 N–H and O–H groups in total. The summed E-state index contributed by atoms with van der Waals surface area (Å²) in [4.78, 5) is 23.3. The van der Waals surface area contributed by atoms with Crippen molar-refractivity contribution in [2.75, 3.05) is 0 Å². The number of rotatable bonds is 8. The van der Waals surface area contributed by atoms with Crippen LogP contribution in [0.5, 0.6) is 0 Å². The molecule has 1 aromatic rings. The summed E-state index contributed by atoms with van der Waals surface area (Å²) in [7, 11) is 0. The van der Waals surface area contributed by atoms with Crippen LogP contribution < -0.4 is 0 Å². The molecule has 0 fully saturated rings. The zero-order chi connectivity index (χ0) is 20.2. The second-order valence-corrected chi connectivity index (χ2v) is 9.27. The molecule has 2 atom stereocenters. The van der Waals surface area contributed by atoms with Crippen molar-refractivity contribution < 1.29 is 19.6 Å². The normalized spacial score (nSPS) is 17.6. The molecule has 0 aliphatic rings. The Labute approximate surface area is 160 Å². The van der Waals surface area contributed by atoms with Gasteiger partial charge in [0.1, 0.15) is 11.2 Å². The van der Waals surface area contributed by atoms with E-state index < -0.39 is 11.2 Å². The summed E-state index contributed by atoms with van der Waals surface area (Å²) in [5, 5.41) is 0. The fourth-order valence-corrected chi connectivity index (χ4v) is 2.43. The van der Waals surface area contributed by atoms with E-state index in [0.717, 1.165) is 24.0 Å². The molecule has 0 radical (unpaired) electrons. The van der Waals surface area contributed by atoms with Crippen LogP contribution in [0.1, 0.15) is 93.2 Å². The van der Waals surface area contributed by atoms with Crippen LogP contribution in [0.2, 0.25) is 0 Å². The van der Waals surface area contributed by atoms with E-state index >= 15 is 0 Å². The molecule has 0 heterocycles. The topological polar surface area (TPSA) is 36.9 Å².